The van der Waals surface area contributed by atoms with Gasteiger partial charge in [0, 0.05) is 19.3 Å². The van der Waals surface area contributed by atoms with Crippen molar-refractivity contribution in [2.75, 3.05) is 18.0 Å². The van der Waals surface area contributed by atoms with Gasteiger partial charge in [0.1, 0.15) is 5.82 Å². The summed E-state index contributed by atoms with van der Waals surface area (Å²) in [6.07, 6.45) is 3.71. The van der Waals surface area contributed by atoms with E-state index >= 15 is 0 Å². The molecule has 0 spiro atoms. The third-order valence-corrected chi connectivity index (χ3v) is 3.33. The Morgan fingerprint density at radius 2 is 2.12 bits per heavy atom. The fourth-order valence-corrected chi connectivity index (χ4v) is 2.18. The molecular weight excluding hydrogens is 212 g/mol. The number of hydrogen-bond donors (Lipinski definition) is 1. The number of pyridine rings is 1. The van der Waals surface area contributed by atoms with Crippen molar-refractivity contribution in [1.29, 1.82) is 0 Å². The number of aliphatic hydroxyl groups excluding tert-OH is 1. The summed E-state index contributed by atoms with van der Waals surface area (Å²) in [5.41, 5.74) is 1.39. The zero-order valence-electron chi connectivity index (χ0n) is 11.0. The molecule has 1 aliphatic heterocycles. The SMILES string of the molecule is CC(C)(C)c1ccc(N2CCCC(O)C2)nc1. The first-order valence-electron chi connectivity index (χ1n) is 6.36. The van der Waals surface area contributed by atoms with Crippen molar-refractivity contribution < 1.29 is 5.11 Å². The van der Waals surface area contributed by atoms with Crippen molar-refractivity contribution >= 4 is 5.82 Å². The van der Waals surface area contributed by atoms with Gasteiger partial charge in [0.15, 0.2) is 0 Å². The number of aromatic nitrogens is 1. The molecule has 3 heteroatoms. The van der Waals surface area contributed by atoms with Gasteiger partial charge in [0.25, 0.3) is 0 Å². The first-order chi connectivity index (χ1) is 7.97. The van der Waals surface area contributed by atoms with Gasteiger partial charge in [0.2, 0.25) is 0 Å². The molecule has 0 aromatic carbocycles. The topological polar surface area (TPSA) is 36.4 Å². The maximum absolute atomic E-state index is 9.66. The van der Waals surface area contributed by atoms with E-state index < -0.39 is 0 Å². The number of anilines is 1. The molecule has 1 unspecified atom stereocenters. The van der Waals surface area contributed by atoms with Crippen LogP contribution in [0, 0.1) is 0 Å². The molecule has 1 atom stereocenters. The Morgan fingerprint density at radius 3 is 2.65 bits per heavy atom. The molecule has 1 saturated heterocycles. The normalized spacial score (nSPS) is 21.6. The standard InChI is InChI=1S/C14H22N2O/c1-14(2,3)11-6-7-13(15-9-11)16-8-4-5-12(17)10-16/h6-7,9,12,17H,4-5,8,10H2,1-3H3. The first kappa shape index (κ1) is 12.4. The molecule has 1 N–H and O–H groups in total. The highest BCUT2D eigenvalue weighted by atomic mass is 16.3. The molecule has 0 aliphatic carbocycles. The van der Waals surface area contributed by atoms with Gasteiger partial charge in [-0.25, -0.2) is 4.98 Å². The smallest absolute Gasteiger partial charge is 0.128 e. The van der Waals surface area contributed by atoms with E-state index in [1.54, 1.807) is 0 Å². The lowest BCUT2D eigenvalue weighted by Crippen LogP contribution is -2.38. The van der Waals surface area contributed by atoms with E-state index in [0.29, 0.717) is 6.54 Å². The second-order valence-corrected chi connectivity index (χ2v) is 5.90. The number of piperidine rings is 1. The van der Waals surface area contributed by atoms with Crippen LogP contribution in [0.25, 0.3) is 0 Å². The fraction of sp³-hybridized carbons (Fsp3) is 0.643. The lowest BCUT2D eigenvalue weighted by atomic mass is 9.88. The van der Waals surface area contributed by atoms with Crippen LogP contribution < -0.4 is 4.90 Å². The predicted molar refractivity (Wildman–Crippen MR) is 70.4 cm³/mol. The third-order valence-electron chi connectivity index (χ3n) is 3.33. The quantitative estimate of drug-likeness (QED) is 0.810. The molecule has 17 heavy (non-hydrogen) atoms. The molecule has 0 saturated carbocycles. The molecule has 0 amide bonds. The predicted octanol–water partition coefficient (Wildman–Crippen LogP) is 2.34. The van der Waals surface area contributed by atoms with Crippen LogP contribution in [-0.4, -0.2) is 29.3 Å². The van der Waals surface area contributed by atoms with Gasteiger partial charge < -0.3 is 10.0 Å². The van der Waals surface area contributed by atoms with E-state index in [9.17, 15) is 5.11 Å². The van der Waals surface area contributed by atoms with Crippen molar-refractivity contribution in [1.82, 2.24) is 4.98 Å². The third kappa shape index (κ3) is 2.97. The summed E-state index contributed by atoms with van der Waals surface area (Å²) in [6.45, 7) is 8.28. The summed E-state index contributed by atoms with van der Waals surface area (Å²) in [5, 5.41) is 9.66. The summed E-state index contributed by atoms with van der Waals surface area (Å²) in [4.78, 5) is 6.69. The molecule has 3 nitrogen and oxygen atoms in total. The molecule has 2 rings (SSSR count). The van der Waals surface area contributed by atoms with Crippen molar-refractivity contribution in [2.24, 2.45) is 0 Å². The molecule has 0 radical (unpaired) electrons. The maximum Gasteiger partial charge on any atom is 0.128 e. The van der Waals surface area contributed by atoms with E-state index in [0.717, 1.165) is 25.2 Å². The van der Waals surface area contributed by atoms with Crippen molar-refractivity contribution in [2.45, 2.75) is 45.1 Å². The molecule has 1 aliphatic rings. The average molecular weight is 234 g/mol. The molecule has 1 aromatic heterocycles. The van der Waals surface area contributed by atoms with E-state index in [2.05, 4.69) is 42.8 Å². The van der Waals surface area contributed by atoms with Crippen LogP contribution in [-0.2, 0) is 5.41 Å². The summed E-state index contributed by atoms with van der Waals surface area (Å²) in [7, 11) is 0. The van der Waals surface area contributed by atoms with E-state index in [4.69, 9.17) is 0 Å². The van der Waals surface area contributed by atoms with Gasteiger partial charge in [0.05, 0.1) is 6.10 Å². The summed E-state index contributed by atoms with van der Waals surface area (Å²) in [5.74, 6) is 0.983. The minimum absolute atomic E-state index is 0.146. The van der Waals surface area contributed by atoms with E-state index in [1.807, 2.05) is 6.20 Å². The molecule has 0 bridgehead atoms. The van der Waals surface area contributed by atoms with Crippen LogP contribution in [0.15, 0.2) is 18.3 Å². The van der Waals surface area contributed by atoms with E-state index in [1.165, 1.54) is 5.56 Å². The van der Waals surface area contributed by atoms with Gasteiger partial charge in [-0.2, -0.15) is 0 Å². The van der Waals surface area contributed by atoms with Gasteiger partial charge in [-0.15, -0.1) is 0 Å². The van der Waals surface area contributed by atoms with Crippen molar-refractivity contribution in [3.8, 4) is 0 Å². The highest BCUT2D eigenvalue weighted by Crippen LogP contribution is 2.24. The summed E-state index contributed by atoms with van der Waals surface area (Å²) < 4.78 is 0. The Balaban J connectivity index is 2.12. The average Bonchev–Trinajstić information content (AvgIpc) is 2.28. The summed E-state index contributed by atoms with van der Waals surface area (Å²) >= 11 is 0. The van der Waals surface area contributed by atoms with Gasteiger partial charge in [-0.05, 0) is 29.9 Å². The number of hydrogen-bond acceptors (Lipinski definition) is 3. The van der Waals surface area contributed by atoms with Crippen molar-refractivity contribution in [3.05, 3.63) is 23.9 Å². The molecule has 1 fully saturated rings. The Kier molecular flexibility index (Phi) is 3.38. The Morgan fingerprint density at radius 1 is 1.35 bits per heavy atom. The van der Waals surface area contributed by atoms with Gasteiger partial charge in [-0.3, -0.25) is 0 Å². The van der Waals surface area contributed by atoms with Crippen LogP contribution in [0.4, 0.5) is 5.82 Å². The maximum atomic E-state index is 9.66. The van der Waals surface area contributed by atoms with Crippen LogP contribution >= 0.6 is 0 Å². The minimum atomic E-state index is -0.201. The number of nitrogens with zero attached hydrogens (tertiary/aromatic N) is 2. The second kappa shape index (κ2) is 4.65. The van der Waals surface area contributed by atoms with Crippen LogP contribution in [0.3, 0.4) is 0 Å². The zero-order chi connectivity index (χ0) is 12.5. The number of rotatable bonds is 1. The van der Waals surface area contributed by atoms with Crippen LogP contribution in [0.2, 0.25) is 0 Å². The lowest BCUT2D eigenvalue weighted by Gasteiger charge is -2.31. The monoisotopic (exact) mass is 234 g/mol. The van der Waals surface area contributed by atoms with Gasteiger partial charge in [-0.1, -0.05) is 26.8 Å². The molecule has 1 aromatic rings. The second-order valence-electron chi connectivity index (χ2n) is 5.90. The number of β-amino-alcohol motifs (C(OH)–C–C–N with tert-alkyl or cyclic N) is 1. The van der Waals surface area contributed by atoms with Crippen LogP contribution in [0.5, 0.6) is 0 Å². The van der Waals surface area contributed by atoms with Gasteiger partial charge >= 0.3 is 0 Å². The Labute approximate surface area is 103 Å². The number of aliphatic hydroxyl groups is 1. The summed E-state index contributed by atoms with van der Waals surface area (Å²) in [6, 6.07) is 4.21. The van der Waals surface area contributed by atoms with Crippen molar-refractivity contribution in [3.63, 3.8) is 0 Å². The first-order valence-corrected chi connectivity index (χ1v) is 6.36. The Hall–Kier alpha value is -1.09. The zero-order valence-corrected chi connectivity index (χ0v) is 11.0. The molecule has 94 valence electrons. The highest BCUT2D eigenvalue weighted by Gasteiger charge is 2.19. The lowest BCUT2D eigenvalue weighted by molar-refractivity contribution is 0.154. The largest absolute Gasteiger partial charge is 0.391 e. The molecule has 2 heterocycles. The fourth-order valence-electron chi connectivity index (χ4n) is 2.18. The minimum Gasteiger partial charge on any atom is -0.391 e. The van der Waals surface area contributed by atoms with E-state index in [-0.39, 0.29) is 11.5 Å². The van der Waals surface area contributed by atoms with Crippen LogP contribution in [0.1, 0.15) is 39.2 Å². The molecular formula is C14H22N2O. The Bertz CT molecular complexity index is 367. The highest BCUT2D eigenvalue weighted by molar-refractivity contribution is 5.41.